The molecule has 2 atom stereocenters. The van der Waals surface area contributed by atoms with Crippen LogP contribution >= 0.6 is 9.24 Å². The van der Waals surface area contributed by atoms with Crippen molar-refractivity contribution < 1.29 is 27.8 Å². The number of phenols is 1. The van der Waals surface area contributed by atoms with Crippen molar-refractivity contribution in [3.63, 3.8) is 0 Å². The van der Waals surface area contributed by atoms with Gasteiger partial charge in [0.25, 0.3) is 0 Å². The summed E-state index contributed by atoms with van der Waals surface area (Å²) < 4.78 is 50.1. The number of rotatable bonds is 9. The molecule has 0 amide bonds. The number of likely N-dealkylation sites (tertiary alicyclic amines) is 1. The Kier molecular flexibility index (Phi) is 8.49. The number of ether oxygens (including phenoxy) is 2. The second-order valence-electron chi connectivity index (χ2n) is 10.1. The third-order valence-electron chi connectivity index (χ3n) is 7.27. The van der Waals surface area contributed by atoms with Gasteiger partial charge in [0.1, 0.15) is 23.4 Å². The Morgan fingerprint density at radius 1 is 0.949 bits per heavy atom. The molecule has 1 saturated heterocycles. The van der Waals surface area contributed by atoms with Gasteiger partial charge in [-0.15, -0.1) is 0 Å². The molecular formula is C31H33F3NO3P. The zero-order valence-electron chi connectivity index (χ0n) is 21.7. The summed E-state index contributed by atoms with van der Waals surface area (Å²) in [6.45, 7) is 2.18. The van der Waals surface area contributed by atoms with Crippen LogP contribution in [0, 0.1) is 0 Å². The maximum absolute atomic E-state index is 13.3. The fraction of sp³-hybridized carbons (Fsp3) is 0.355. The van der Waals surface area contributed by atoms with Crippen molar-refractivity contribution >= 4 is 20.4 Å². The number of benzene rings is 3. The van der Waals surface area contributed by atoms with Gasteiger partial charge in [-0.2, -0.15) is 8.78 Å². The molecule has 5 rings (SSSR count). The van der Waals surface area contributed by atoms with Crippen LogP contribution < -0.4 is 9.47 Å². The molecule has 1 heterocycles. The number of aryl methyl sites for hydroxylation is 1. The first-order valence-corrected chi connectivity index (χ1v) is 13.9. The Morgan fingerprint density at radius 2 is 1.67 bits per heavy atom. The number of hydrogen-bond acceptors (Lipinski definition) is 4. The fourth-order valence-electron chi connectivity index (χ4n) is 5.55. The molecular weight excluding hydrogens is 522 g/mol. The summed E-state index contributed by atoms with van der Waals surface area (Å²) in [5, 5.41) is 10.2. The van der Waals surface area contributed by atoms with Gasteiger partial charge < -0.3 is 14.6 Å². The van der Waals surface area contributed by atoms with E-state index >= 15 is 0 Å². The van der Waals surface area contributed by atoms with Crippen LogP contribution in [0.15, 0.2) is 66.7 Å². The van der Waals surface area contributed by atoms with Crippen molar-refractivity contribution in [1.29, 1.82) is 0 Å². The average molecular weight is 556 g/mol. The molecule has 0 aromatic heterocycles. The Hall–Kier alpha value is -3.02. The highest BCUT2D eigenvalue weighted by Gasteiger charge is 2.25. The molecule has 0 bridgehead atoms. The Morgan fingerprint density at radius 3 is 2.38 bits per heavy atom. The lowest BCUT2D eigenvalue weighted by atomic mass is 9.88. The Bertz CT molecular complexity index is 1310. The zero-order valence-corrected chi connectivity index (χ0v) is 22.9. The van der Waals surface area contributed by atoms with Crippen LogP contribution in [0.2, 0.25) is 0 Å². The number of aromatic hydroxyl groups is 1. The summed E-state index contributed by atoms with van der Waals surface area (Å²) in [5.41, 5.74) is 6.23. The predicted octanol–water partition coefficient (Wildman–Crippen LogP) is 7.30. The highest BCUT2D eigenvalue weighted by Crippen LogP contribution is 2.41. The standard InChI is InChI=1S/C31H33F3NO3P/c32-16-2-17-35-18-15-27(20-35)37-25-10-7-22(8-11-25)30-28(4-1-3-23-19-24(36)9-14-29(23)30)21-5-12-26(13-6-21)38-31(33,34)39/h5-14,19,27,36H,1-4,15-18,20,39H2. The number of allylic oxidation sites excluding steroid dienone is 1. The van der Waals surface area contributed by atoms with E-state index in [1.807, 2.05) is 36.4 Å². The number of hydrogen-bond donors (Lipinski definition) is 1. The van der Waals surface area contributed by atoms with Crippen LogP contribution in [0.25, 0.3) is 11.1 Å². The maximum Gasteiger partial charge on any atom is 0.408 e. The van der Waals surface area contributed by atoms with E-state index in [-0.39, 0.29) is 24.3 Å². The molecule has 4 nitrogen and oxygen atoms in total. The van der Waals surface area contributed by atoms with E-state index in [4.69, 9.17) is 9.47 Å². The minimum absolute atomic E-state index is 0.0847. The molecule has 206 valence electrons. The number of phenolic OH excluding ortho intramolecular Hbond substituents is 1. The molecule has 39 heavy (non-hydrogen) atoms. The van der Waals surface area contributed by atoms with Gasteiger partial charge in [-0.25, -0.2) is 0 Å². The normalized spacial score (nSPS) is 18.1. The lowest BCUT2D eigenvalue weighted by Gasteiger charge is -2.19. The average Bonchev–Trinajstić information content (AvgIpc) is 3.26. The van der Waals surface area contributed by atoms with E-state index in [0.717, 1.165) is 84.5 Å². The number of nitrogens with zero attached hydrogens (tertiary/aromatic N) is 1. The number of alkyl halides is 3. The smallest absolute Gasteiger partial charge is 0.408 e. The van der Waals surface area contributed by atoms with Crippen LogP contribution in [0.4, 0.5) is 13.2 Å². The van der Waals surface area contributed by atoms with Crippen molar-refractivity contribution in [3.05, 3.63) is 89.0 Å². The lowest BCUT2D eigenvalue weighted by Crippen LogP contribution is -2.26. The largest absolute Gasteiger partial charge is 0.508 e. The van der Waals surface area contributed by atoms with Gasteiger partial charge in [-0.1, -0.05) is 30.3 Å². The summed E-state index contributed by atoms with van der Waals surface area (Å²) in [4.78, 5) is 2.24. The highest BCUT2D eigenvalue weighted by atomic mass is 31.0. The van der Waals surface area contributed by atoms with Gasteiger partial charge in [-0.05, 0) is 111 Å². The molecule has 0 radical (unpaired) electrons. The number of fused-ring (bicyclic) bond motifs is 1. The second kappa shape index (κ2) is 12.0. The molecule has 3 aromatic rings. The van der Waals surface area contributed by atoms with Crippen molar-refractivity contribution in [2.75, 3.05) is 26.3 Å². The molecule has 1 N–H and O–H groups in total. The summed E-state index contributed by atoms with van der Waals surface area (Å²) in [6, 6.07) is 20.3. The van der Waals surface area contributed by atoms with Gasteiger partial charge >= 0.3 is 5.85 Å². The van der Waals surface area contributed by atoms with Crippen LogP contribution in [-0.4, -0.2) is 48.3 Å². The van der Waals surface area contributed by atoms with E-state index in [1.54, 1.807) is 18.2 Å². The van der Waals surface area contributed by atoms with E-state index in [2.05, 4.69) is 17.0 Å². The second-order valence-corrected chi connectivity index (χ2v) is 10.8. The first kappa shape index (κ1) is 27.5. The molecule has 2 unspecified atom stereocenters. The highest BCUT2D eigenvalue weighted by molar-refractivity contribution is 7.17. The monoisotopic (exact) mass is 555 g/mol. The van der Waals surface area contributed by atoms with Gasteiger partial charge in [0.15, 0.2) is 0 Å². The molecule has 8 heteroatoms. The van der Waals surface area contributed by atoms with E-state index in [0.29, 0.717) is 6.42 Å². The maximum atomic E-state index is 13.3. The quantitative estimate of drug-likeness (QED) is 0.281. The van der Waals surface area contributed by atoms with Crippen molar-refractivity contribution in [2.24, 2.45) is 0 Å². The summed E-state index contributed by atoms with van der Waals surface area (Å²) in [7, 11) is 1.39. The molecule has 2 aliphatic rings. The fourth-order valence-corrected chi connectivity index (χ4v) is 5.68. The minimum atomic E-state index is -3.33. The van der Waals surface area contributed by atoms with Gasteiger partial charge in [0, 0.05) is 19.6 Å². The third kappa shape index (κ3) is 6.95. The van der Waals surface area contributed by atoms with Gasteiger partial charge in [0.2, 0.25) is 0 Å². The first-order valence-electron chi connectivity index (χ1n) is 13.4. The molecule has 3 aromatic carbocycles. The SMILES string of the molecule is Oc1ccc2c(c1)CCCC(c1ccc(OC(F)(F)P)cc1)=C2c1ccc(OC2CCN(CCCF)C2)cc1. The van der Waals surface area contributed by atoms with Gasteiger partial charge in [0.05, 0.1) is 6.67 Å². The summed E-state index contributed by atoms with van der Waals surface area (Å²) in [6.07, 6.45) is 4.06. The van der Waals surface area contributed by atoms with Crippen molar-refractivity contribution in [2.45, 2.75) is 44.1 Å². The van der Waals surface area contributed by atoms with Gasteiger partial charge in [-0.3, -0.25) is 9.29 Å². The van der Waals surface area contributed by atoms with E-state index < -0.39 is 5.85 Å². The first-order chi connectivity index (χ1) is 18.8. The van der Waals surface area contributed by atoms with Crippen LogP contribution in [0.1, 0.15) is 47.9 Å². The predicted molar refractivity (Wildman–Crippen MR) is 151 cm³/mol. The van der Waals surface area contributed by atoms with Crippen LogP contribution in [0.5, 0.6) is 17.2 Å². The molecule has 0 spiro atoms. The van der Waals surface area contributed by atoms with E-state index in [9.17, 15) is 18.3 Å². The third-order valence-corrected chi connectivity index (χ3v) is 7.39. The molecule has 1 aliphatic carbocycles. The van der Waals surface area contributed by atoms with Crippen molar-refractivity contribution in [3.8, 4) is 17.2 Å². The summed E-state index contributed by atoms with van der Waals surface area (Å²) in [5.74, 6) is -2.21. The van der Waals surface area contributed by atoms with E-state index in [1.165, 1.54) is 9.24 Å². The topological polar surface area (TPSA) is 41.9 Å². The van der Waals surface area contributed by atoms with Crippen molar-refractivity contribution in [1.82, 2.24) is 4.90 Å². The Balaban J connectivity index is 1.45. The molecule has 1 aliphatic heterocycles. The summed E-state index contributed by atoms with van der Waals surface area (Å²) >= 11 is 0. The Labute approximate surface area is 229 Å². The molecule has 0 saturated carbocycles. The van der Waals surface area contributed by atoms with Crippen LogP contribution in [-0.2, 0) is 6.42 Å². The minimum Gasteiger partial charge on any atom is -0.508 e. The zero-order chi connectivity index (χ0) is 27.4. The van der Waals surface area contributed by atoms with Crippen LogP contribution in [0.3, 0.4) is 0 Å². The lowest BCUT2D eigenvalue weighted by molar-refractivity contribution is -0.0892. The number of halogens is 3. The molecule has 1 fully saturated rings.